The highest BCUT2D eigenvalue weighted by atomic mass is 35.5. The van der Waals surface area contributed by atoms with Crippen LogP contribution >= 0.6 is 11.6 Å². The highest BCUT2D eigenvalue weighted by molar-refractivity contribution is 6.35. The summed E-state index contributed by atoms with van der Waals surface area (Å²) in [6.45, 7) is 2.13. The molecular weight excluding hydrogens is 222 g/mol. The second kappa shape index (κ2) is 4.68. The molecule has 0 amide bonds. The van der Waals surface area contributed by atoms with E-state index >= 15 is 0 Å². The number of benzene rings is 1. The number of aryl methyl sites for hydroxylation is 1. The third-order valence-electron chi connectivity index (χ3n) is 2.53. The van der Waals surface area contributed by atoms with Crippen LogP contribution < -0.4 is 11.3 Å². The number of para-hydroxylation sites is 1. The maximum atomic E-state index is 6.08. The van der Waals surface area contributed by atoms with Crippen molar-refractivity contribution in [3.63, 3.8) is 0 Å². The summed E-state index contributed by atoms with van der Waals surface area (Å²) in [5.74, 6) is 6.18. The molecule has 84 valence electrons. The fourth-order valence-electron chi connectivity index (χ4n) is 1.79. The number of hydrogen-bond acceptors (Lipinski definition) is 3. The Labute approximate surface area is 99.6 Å². The van der Waals surface area contributed by atoms with Crippen LogP contribution in [0.15, 0.2) is 24.3 Å². The minimum absolute atomic E-state index is 0.650. The van der Waals surface area contributed by atoms with Gasteiger partial charge < -0.3 is 5.43 Å². The number of aromatic nitrogens is 1. The third-order valence-corrected chi connectivity index (χ3v) is 2.84. The lowest BCUT2D eigenvalue weighted by Crippen LogP contribution is -2.11. The normalized spacial score (nSPS) is 10.7. The predicted molar refractivity (Wildman–Crippen MR) is 68.6 cm³/mol. The predicted octanol–water partition coefficient (Wildman–Crippen LogP) is 3.13. The second-order valence-electron chi connectivity index (χ2n) is 3.70. The van der Waals surface area contributed by atoms with Crippen LogP contribution in [-0.2, 0) is 6.42 Å². The van der Waals surface area contributed by atoms with E-state index < -0.39 is 0 Å². The lowest BCUT2D eigenvalue weighted by atomic mass is 10.1. The molecule has 1 aromatic heterocycles. The molecule has 0 radical (unpaired) electrons. The first kappa shape index (κ1) is 11.2. The van der Waals surface area contributed by atoms with E-state index in [4.69, 9.17) is 17.4 Å². The van der Waals surface area contributed by atoms with Gasteiger partial charge in [-0.15, -0.1) is 0 Å². The van der Waals surface area contributed by atoms with Crippen molar-refractivity contribution in [1.29, 1.82) is 0 Å². The zero-order valence-electron chi connectivity index (χ0n) is 9.13. The Morgan fingerprint density at radius 3 is 2.94 bits per heavy atom. The van der Waals surface area contributed by atoms with Gasteiger partial charge in [-0.2, -0.15) is 0 Å². The van der Waals surface area contributed by atoms with Gasteiger partial charge in [0.05, 0.1) is 10.5 Å². The van der Waals surface area contributed by atoms with Crippen LogP contribution in [0.3, 0.4) is 0 Å². The monoisotopic (exact) mass is 235 g/mol. The lowest BCUT2D eigenvalue weighted by molar-refractivity contribution is 0.917. The van der Waals surface area contributed by atoms with E-state index in [-0.39, 0.29) is 0 Å². The van der Waals surface area contributed by atoms with E-state index in [0.29, 0.717) is 10.8 Å². The van der Waals surface area contributed by atoms with E-state index in [2.05, 4.69) is 23.4 Å². The van der Waals surface area contributed by atoms with Crippen LogP contribution in [-0.4, -0.2) is 4.98 Å². The lowest BCUT2D eigenvalue weighted by Gasteiger charge is -2.09. The van der Waals surface area contributed by atoms with Crippen molar-refractivity contribution in [2.45, 2.75) is 19.8 Å². The van der Waals surface area contributed by atoms with Crippen molar-refractivity contribution in [2.75, 3.05) is 5.43 Å². The number of nitrogens with one attached hydrogen (secondary N) is 1. The van der Waals surface area contributed by atoms with Gasteiger partial charge in [0.1, 0.15) is 5.82 Å². The summed E-state index contributed by atoms with van der Waals surface area (Å²) < 4.78 is 0. The number of fused-ring (bicyclic) bond motifs is 1. The summed E-state index contributed by atoms with van der Waals surface area (Å²) in [5, 5.41) is 1.70. The first-order valence-corrected chi connectivity index (χ1v) is 5.68. The average molecular weight is 236 g/mol. The van der Waals surface area contributed by atoms with Gasteiger partial charge in [0.2, 0.25) is 0 Å². The molecule has 0 saturated carbocycles. The minimum atomic E-state index is 0.650. The van der Waals surface area contributed by atoms with Crippen molar-refractivity contribution < 1.29 is 0 Å². The first-order valence-electron chi connectivity index (χ1n) is 5.31. The van der Waals surface area contributed by atoms with Crippen LogP contribution in [0.2, 0.25) is 5.02 Å². The Morgan fingerprint density at radius 1 is 1.44 bits per heavy atom. The molecule has 0 aliphatic heterocycles. The zero-order chi connectivity index (χ0) is 11.5. The maximum Gasteiger partial charge on any atom is 0.143 e. The summed E-state index contributed by atoms with van der Waals surface area (Å²) in [6.07, 6.45) is 2.01. The fourth-order valence-corrected chi connectivity index (χ4v) is 2.02. The summed E-state index contributed by atoms with van der Waals surface area (Å²) in [4.78, 5) is 4.44. The molecule has 0 bridgehead atoms. The van der Waals surface area contributed by atoms with Crippen LogP contribution in [0, 0.1) is 0 Å². The van der Waals surface area contributed by atoms with E-state index in [1.807, 2.05) is 18.2 Å². The summed E-state index contributed by atoms with van der Waals surface area (Å²) in [6, 6.07) is 7.86. The van der Waals surface area contributed by atoms with E-state index in [0.717, 1.165) is 29.3 Å². The number of nitrogens with zero attached hydrogens (tertiary/aromatic N) is 1. The van der Waals surface area contributed by atoms with Gasteiger partial charge in [0.15, 0.2) is 0 Å². The van der Waals surface area contributed by atoms with Gasteiger partial charge in [-0.05, 0) is 24.1 Å². The molecule has 0 unspecified atom stereocenters. The number of hydrazine groups is 1. The molecule has 1 heterocycles. The largest absolute Gasteiger partial charge is 0.308 e. The quantitative estimate of drug-likeness (QED) is 0.635. The minimum Gasteiger partial charge on any atom is -0.308 e. The first-order chi connectivity index (χ1) is 7.76. The van der Waals surface area contributed by atoms with Crippen molar-refractivity contribution in [3.05, 3.63) is 34.9 Å². The summed E-state index contributed by atoms with van der Waals surface area (Å²) in [7, 11) is 0. The average Bonchev–Trinajstić information content (AvgIpc) is 2.29. The zero-order valence-corrected chi connectivity index (χ0v) is 9.88. The molecule has 1 aromatic carbocycles. The molecule has 3 N–H and O–H groups in total. The molecule has 4 heteroatoms. The molecule has 0 spiro atoms. The van der Waals surface area contributed by atoms with Crippen molar-refractivity contribution >= 4 is 28.3 Å². The van der Waals surface area contributed by atoms with Crippen LogP contribution in [0.4, 0.5) is 5.82 Å². The van der Waals surface area contributed by atoms with Crippen molar-refractivity contribution in [1.82, 2.24) is 4.98 Å². The maximum absolute atomic E-state index is 6.08. The number of halogens is 1. The standard InChI is InChI=1S/C12H14ClN3/c1-2-4-9-7-8-5-3-6-10(13)11(8)15-12(9)16-14/h3,5-7H,2,4,14H2,1H3,(H,15,16). The number of hydrogen-bond donors (Lipinski definition) is 2. The Kier molecular flexibility index (Phi) is 3.27. The van der Waals surface area contributed by atoms with Gasteiger partial charge in [0, 0.05) is 5.39 Å². The molecule has 0 aliphatic carbocycles. The molecular formula is C12H14ClN3. The number of anilines is 1. The van der Waals surface area contributed by atoms with Crippen molar-refractivity contribution in [2.24, 2.45) is 5.84 Å². The van der Waals surface area contributed by atoms with Gasteiger partial charge in [0.25, 0.3) is 0 Å². The highest BCUT2D eigenvalue weighted by Crippen LogP contribution is 2.26. The summed E-state index contributed by atoms with van der Waals surface area (Å²) in [5.41, 5.74) is 4.54. The molecule has 0 aliphatic rings. The van der Waals surface area contributed by atoms with E-state index in [9.17, 15) is 0 Å². The van der Waals surface area contributed by atoms with Gasteiger partial charge >= 0.3 is 0 Å². The number of nitrogens with two attached hydrogens (primary N) is 1. The van der Waals surface area contributed by atoms with Crippen molar-refractivity contribution in [3.8, 4) is 0 Å². The Hall–Kier alpha value is -1.32. The molecule has 16 heavy (non-hydrogen) atoms. The Morgan fingerprint density at radius 2 is 2.25 bits per heavy atom. The third kappa shape index (κ3) is 1.96. The SMILES string of the molecule is CCCc1cc2cccc(Cl)c2nc1NN. The number of nitrogen functional groups attached to an aromatic ring is 1. The van der Waals surface area contributed by atoms with E-state index in [1.54, 1.807) is 0 Å². The molecule has 0 atom stereocenters. The summed E-state index contributed by atoms with van der Waals surface area (Å²) >= 11 is 6.08. The fraction of sp³-hybridized carbons (Fsp3) is 0.250. The molecule has 0 fully saturated rings. The van der Waals surface area contributed by atoms with Crippen LogP contribution in [0.5, 0.6) is 0 Å². The highest BCUT2D eigenvalue weighted by Gasteiger charge is 2.07. The van der Waals surface area contributed by atoms with E-state index in [1.165, 1.54) is 0 Å². The number of rotatable bonds is 3. The Balaban J connectivity index is 2.65. The van der Waals surface area contributed by atoms with Gasteiger partial charge in [-0.3, -0.25) is 0 Å². The molecule has 0 saturated heterocycles. The molecule has 3 nitrogen and oxygen atoms in total. The molecule has 2 rings (SSSR count). The van der Waals surface area contributed by atoms with Gasteiger partial charge in [-0.1, -0.05) is 37.1 Å². The van der Waals surface area contributed by atoms with Crippen LogP contribution in [0.1, 0.15) is 18.9 Å². The topological polar surface area (TPSA) is 50.9 Å². The van der Waals surface area contributed by atoms with Gasteiger partial charge in [-0.25, -0.2) is 10.8 Å². The number of pyridine rings is 1. The smallest absolute Gasteiger partial charge is 0.143 e. The Bertz CT molecular complexity index is 511. The molecule has 2 aromatic rings. The van der Waals surface area contributed by atoms with Crippen LogP contribution in [0.25, 0.3) is 10.9 Å². The second-order valence-corrected chi connectivity index (χ2v) is 4.11.